The number of amides is 2. The summed E-state index contributed by atoms with van der Waals surface area (Å²) in [5.74, 6) is 6.26. The lowest BCUT2D eigenvalue weighted by atomic mass is 10.1. The van der Waals surface area contributed by atoms with Crippen molar-refractivity contribution < 1.29 is 4.79 Å². The summed E-state index contributed by atoms with van der Waals surface area (Å²) < 4.78 is 0. The van der Waals surface area contributed by atoms with Crippen molar-refractivity contribution in [2.24, 2.45) is 0 Å². The van der Waals surface area contributed by atoms with Crippen molar-refractivity contribution in [3.63, 3.8) is 0 Å². The van der Waals surface area contributed by atoms with E-state index in [-0.39, 0.29) is 12.1 Å². The summed E-state index contributed by atoms with van der Waals surface area (Å²) in [5.41, 5.74) is 2.53. The van der Waals surface area contributed by atoms with Crippen molar-refractivity contribution in [1.82, 2.24) is 10.2 Å². The first-order valence-corrected chi connectivity index (χ1v) is 9.91. The lowest BCUT2D eigenvalue weighted by molar-refractivity contribution is 0.244. The van der Waals surface area contributed by atoms with Gasteiger partial charge in [-0.25, -0.2) is 4.79 Å². The highest BCUT2D eigenvalue weighted by molar-refractivity contribution is 7.10. The minimum Gasteiger partial charge on any atom is -0.336 e. The van der Waals surface area contributed by atoms with Crippen molar-refractivity contribution in [2.75, 3.05) is 26.0 Å². The van der Waals surface area contributed by atoms with E-state index in [9.17, 15) is 4.79 Å². The van der Waals surface area contributed by atoms with Gasteiger partial charge in [-0.15, -0.1) is 11.3 Å². The third-order valence-electron chi connectivity index (χ3n) is 4.20. The number of hydrogen-bond donors (Lipinski definition) is 2. The Kier molecular flexibility index (Phi) is 6.85. The number of likely N-dealkylation sites (N-methyl/N-ethyl adjacent to an activating group) is 1. The fourth-order valence-corrected chi connectivity index (χ4v) is 3.65. The van der Waals surface area contributed by atoms with Crippen LogP contribution in [0.4, 0.5) is 10.5 Å². The van der Waals surface area contributed by atoms with Gasteiger partial charge >= 0.3 is 6.03 Å². The minimum absolute atomic E-state index is 0.147. The molecule has 28 heavy (non-hydrogen) atoms. The van der Waals surface area contributed by atoms with Gasteiger partial charge in [0.05, 0.1) is 6.04 Å². The molecule has 2 amide bonds. The molecular formula is C23H23N3OS. The molecule has 1 heterocycles. The highest BCUT2D eigenvalue weighted by Gasteiger charge is 2.16. The molecule has 3 rings (SSSR count). The maximum Gasteiger partial charge on any atom is 0.319 e. The number of urea groups is 1. The van der Waals surface area contributed by atoms with Gasteiger partial charge in [-0.1, -0.05) is 42.2 Å². The summed E-state index contributed by atoms with van der Waals surface area (Å²) in [5, 5.41) is 7.89. The van der Waals surface area contributed by atoms with E-state index >= 15 is 0 Å². The van der Waals surface area contributed by atoms with Crippen molar-refractivity contribution in [1.29, 1.82) is 0 Å². The summed E-state index contributed by atoms with van der Waals surface area (Å²) >= 11 is 1.69. The average Bonchev–Trinajstić information content (AvgIpc) is 3.22. The molecule has 0 fully saturated rings. The summed E-state index contributed by atoms with van der Waals surface area (Å²) in [4.78, 5) is 15.7. The quantitative estimate of drug-likeness (QED) is 0.628. The van der Waals surface area contributed by atoms with Crippen LogP contribution in [0.3, 0.4) is 0 Å². The highest BCUT2D eigenvalue weighted by Crippen LogP contribution is 2.22. The molecule has 0 saturated heterocycles. The molecule has 3 aromatic rings. The Morgan fingerprint density at radius 1 is 1.00 bits per heavy atom. The van der Waals surface area contributed by atoms with Crippen LogP contribution in [0.2, 0.25) is 0 Å². The number of carbonyl (C=O) groups is 1. The molecule has 1 atom stereocenters. The van der Waals surface area contributed by atoms with Crippen molar-refractivity contribution in [3.8, 4) is 11.8 Å². The molecule has 4 nitrogen and oxygen atoms in total. The first-order chi connectivity index (χ1) is 13.6. The Hall–Kier alpha value is -3.07. The number of nitrogens with zero attached hydrogens (tertiary/aromatic N) is 1. The van der Waals surface area contributed by atoms with Gasteiger partial charge in [0.2, 0.25) is 0 Å². The third-order valence-corrected chi connectivity index (χ3v) is 5.17. The number of anilines is 1. The van der Waals surface area contributed by atoms with Crippen LogP contribution < -0.4 is 10.6 Å². The lowest BCUT2D eigenvalue weighted by Crippen LogP contribution is -2.36. The van der Waals surface area contributed by atoms with Crippen LogP contribution in [0.5, 0.6) is 0 Å². The first-order valence-electron chi connectivity index (χ1n) is 9.03. The second-order valence-electron chi connectivity index (χ2n) is 6.53. The van der Waals surface area contributed by atoms with Crippen LogP contribution in [0.25, 0.3) is 0 Å². The molecule has 2 N–H and O–H groups in total. The number of benzene rings is 2. The van der Waals surface area contributed by atoms with Crippen molar-refractivity contribution >= 4 is 23.1 Å². The molecule has 0 saturated carbocycles. The molecule has 142 valence electrons. The van der Waals surface area contributed by atoms with Crippen LogP contribution in [-0.4, -0.2) is 31.6 Å². The Bertz CT molecular complexity index is 956. The van der Waals surface area contributed by atoms with E-state index in [1.54, 1.807) is 11.3 Å². The molecule has 0 radical (unpaired) electrons. The molecule has 5 heteroatoms. The second kappa shape index (κ2) is 9.75. The van der Waals surface area contributed by atoms with Crippen LogP contribution in [0, 0.1) is 11.8 Å². The average molecular weight is 390 g/mol. The van der Waals surface area contributed by atoms with Crippen molar-refractivity contribution in [2.45, 2.75) is 6.04 Å². The summed E-state index contributed by atoms with van der Waals surface area (Å²) in [6.07, 6.45) is 0. The maximum absolute atomic E-state index is 12.3. The fraction of sp³-hybridized carbons (Fsp3) is 0.174. The van der Waals surface area contributed by atoms with E-state index in [0.717, 1.165) is 16.8 Å². The SMILES string of the molecule is CN(C)C(CNC(=O)Nc1cccc(C#Cc2ccccc2)c1)c1cccs1. The van der Waals surface area contributed by atoms with Crippen LogP contribution in [0.1, 0.15) is 22.0 Å². The Balaban J connectivity index is 1.59. The second-order valence-corrected chi connectivity index (χ2v) is 7.51. The van der Waals surface area contributed by atoms with E-state index in [1.807, 2.05) is 80.1 Å². The van der Waals surface area contributed by atoms with Gasteiger partial charge in [0.25, 0.3) is 0 Å². The van der Waals surface area contributed by atoms with Gasteiger partial charge in [0.1, 0.15) is 0 Å². The van der Waals surface area contributed by atoms with E-state index in [2.05, 4.69) is 33.4 Å². The molecule has 0 aliphatic carbocycles. The van der Waals surface area contributed by atoms with Gasteiger partial charge in [0, 0.05) is 28.2 Å². The maximum atomic E-state index is 12.3. The number of hydrogen-bond acceptors (Lipinski definition) is 3. The van der Waals surface area contributed by atoms with Crippen LogP contribution in [0.15, 0.2) is 72.1 Å². The van der Waals surface area contributed by atoms with Gasteiger partial charge in [-0.2, -0.15) is 0 Å². The standard InChI is InChI=1S/C23H23N3OS/c1-26(2)21(22-12-7-15-28-22)17-24-23(27)25-20-11-6-10-19(16-20)14-13-18-8-4-3-5-9-18/h3-12,15-16,21H,17H2,1-2H3,(H2,24,25,27). The molecule has 0 bridgehead atoms. The normalized spacial score (nSPS) is 11.4. The summed E-state index contributed by atoms with van der Waals surface area (Å²) in [6, 6.07) is 21.4. The van der Waals surface area contributed by atoms with E-state index < -0.39 is 0 Å². The van der Waals surface area contributed by atoms with E-state index in [4.69, 9.17) is 0 Å². The minimum atomic E-state index is -0.225. The predicted molar refractivity (Wildman–Crippen MR) is 117 cm³/mol. The van der Waals surface area contributed by atoms with Gasteiger partial charge in [-0.3, -0.25) is 0 Å². The molecule has 1 unspecified atom stereocenters. The Labute approximate surface area is 170 Å². The van der Waals surface area contributed by atoms with Gasteiger partial charge in [-0.05, 0) is 55.9 Å². The van der Waals surface area contributed by atoms with Gasteiger partial charge < -0.3 is 15.5 Å². The number of nitrogens with one attached hydrogen (secondary N) is 2. The smallest absolute Gasteiger partial charge is 0.319 e. The zero-order valence-corrected chi connectivity index (χ0v) is 16.8. The predicted octanol–water partition coefficient (Wildman–Crippen LogP) is 4.57. The molecule has 2 aromatic carbocycles. The zero-order chi connectivity index (χ0) is 19.8. The van der Waals surface area contributed by atoms with E-state index in [0.29, 0.717) is 6.54 Å². The monoisotopic (exact) mass is 389 g/mol. The zero-order valence-electron chi connectivity index (χ0n) is 16.0. The third kappa shape index (κ3) is 5.71. The summed E-state index contributed by atoms with van der Waals surface area (Å²) in [7, 11) is 4.03. The van der Waals surface area contributed by atoms with Crippen LogP contribution >= 0.6 is 11.3 Å². The molecule has 0 aliphatic rings. The topological polar surface area (TPSA) is 44.4 Å². The van der Waals surface area contributed by atoms with Gasteiger partial charge in [0.15, 0.2) is 0 Å². The molecule has 0 aliphatic heterocycles. The fourth-order valence-electron chi connectivity index (χ4n) is 2.72. The first kappa shape index (κ1) is 19.7. The highest BCUT2D eigenvalue weighted by atomic mass is 32.1. The molecule has 1 aromatic heterocycles. The summed E-state index contributed by atoms with van der Waals surface area (Å²) in [6.45, 7) is 0.535. The van der Waals surface area contributed by atoms with E-state index in [1.165, 1.54) is 4.88 Å². The van der Waals surface area contributed by atoms with Crippen LogP contribution in [-0.2, 0) is 0 Å². The lowest BCUT2D eigenvalue weighted by Gasteiger charge is -2.23. The Morgan fingerprint density at radius 2 is 1.75 bits per heavy atom. The number of carbonyl (C=O) groups excluding carboxylic acids is 1. The number of thiophene rings is 1. The largest absolute Gasteiger partial charge is 0.336 e. The molecular weight excluding hydrogens is 366 g/mol. The molecule has 0 spiro atoms. The Morgan fingerprint density at radius 3 is 2.46 bits per heavy atom. The van der Waals surface area contributed by atoms with Crippen molar-refractivity contribution in [3.05, 3.63) is 88.1 Å². The number of rotatable bonds is 5.